The van der Waals surface area contributed by atoms with Crippen LogP contribution in [0.3, 0.4) is 0 Å². The Morgan fingerprint density at radius 2 is 1.60 bits per heavy atom. The van der Waals surface area contributed by atoms with E-state index < -0.39 is 11.7 Å². The molecular formula is C18H13F3N2OS. The minimum absolute atomic E-state index is 0.147. The molecule has 0 saturated heterocycles. The Balaban J connectivity index is 1.81. The van der Waals surface area contributed by atoms with E-state index in [1.165, 1.54) is 30.4 Å². The van der Waals surface area contributed by atoms with Crippen molar-refractivity contribution in [3.8, 4) is 21.8 Å². The smallest absolute Gasteiger partial charge is 0.326 e. The molecule has 1 heterocycles. The van der Waals surface area contributed by atoms with E-state index in [1.807, 2.05) is 17.5 Å². The monoisotopic (exact) mass is 362 g/mol. The van der Waals surface area contributed by atoms with E-state index in [4.69, 9.17) is 0 Å². The summed E-state index contributed by atoms with van der Waals surface area (Å²) < 4.78 is 37.9. The van der Waals surface area contributed by atoms with Crippen molar-refractivity contribution < 1.29 is 18.0 Å². The number of carbonyl (C=O) groups excluding carboxylic acids is 1. The van der Waals surface area contributed by atoms with E-state index in [-0.39, 0.29) is 5.91 Å². The van der Waals surface area contributed by atoms with Crippen molar-refractivity contribution in [3.05, 3.63) is 59.5 Å². The molecule has 0 saturated carbocycles. The van der Waals surface area contributed by atoms with Crippen LogP contribution in [0.5, 0.6) is 0 Å². The molecule has 128 valence electrons. The lowest BCUT2D eigenvalue weighted by atomic mass is 10.1. The van der Waals surface area contributed by atoms with Gasteiger partial charge in [0.2, 0.25) is 5.91 Å². The maximum Gasteiger partial charge on any atom is 0.416 e. The fraction of sp³-hybridized carbons (Fsp3) is 0.111. The third-order valence-corrected chi connectivity index (χ3v) is 4.36. The Hall–Kier alpha value is -2.67. The van der Waals surface area contributed by atoms with Crippen molar-refractivity contribution in [2.24, 2.45) is 0 Å². The van der Waals surface area contributed by atoms with Crippen molar-refractivity contribution >= 4 is 22.9 Å². The van der Waals surface area contributed by atoms with Gasteiger partial charge in [0.1, 0.15) is 5.01 Å². The molecule has 0 atom stereocenters. The molecule has 0 spiro atoms. The Morgan fingerprint density at radius 3 is 2.16 bits per heavy atom. The van der Waals surface area contributed by atoms with Gasteiger partial charge in [-0.1, -0.05) is 24.3 Å². The number of alkyl halides is 3. The van der Waals surface area contributed by atoms with E-state index in [0.717, 1.165) is 23.4 Å². The number of nitrogens with zero attached hydrogens (tertiary/aromatic N) is 1. The highest BCUT2D eigenvalue weighted by atomic mass is 32.1. The summed E-state index contributed by atoms with van der Waals surface area (Å²) in [6, 6.07) is 12.2. The van der Waals surface area contributed by atoms with E-state index in [1.54, 1.807) is 12.1 Å². The molecular weight excluding hydrogens is 349 g/mol. The second kappa shape index (κ2) is 6.68. The van der Waals surface area contributed by atoms with Gasteiger partial charge in [0.25, 0.3) is 0 Å². The first-order valence-electron chi connectivity index (χ1n) is 7.34. The third-order valence-electron chi connectivity index (χ3n) is 3.46. The summed E-state index contributed by atoms with van der Waals surface area (Å²) in [5.41, 5.74) is 2.24. The fourth-order valence-corrected chi connectivity index (χ4v) is 3.10. The van der Waals surface area contributed by atoms with Crippen molar-refractivity contribution in [3.63, 3.8) is 0 Å². The average Bonchev–Trinajstić information content (AvgIpc) is 3.04. The maximum absolute atomic E-state index is 12.6. The molecule has 0 radical (unpaired) electrons. The summed E-state index contributed by atoms with van der Waals surface area (Å²) in [5, 5.41) is 5.18. The minimum Gasteiger partial charge on any atom is -0.326 e. The fourth-order valence-electron chi connectivity index (χ4n) is 2.27. The van der Waals surface area contributed by atoms with Crippen molar-refractivity contribution in [1.82, 2.24) is 4.98 Å². The first kappa shape index (κ1) is 17.2. The molecule has 3 nitrogen and oxygen atoms in total. The number of carbonyl (C=O) groups is 1. The SMILES string of the molecule is CC(=O)Nc1ccc(-c2csc(-c3ccc(C(F)(F)F)cc3)n2)cc1. The molecule has 3 rings (SSSR count). The van der Waals surface area contributed by atoms with E-state index >= 15 is 0 Å². The molecule has 1 aromatic heterocycles. The van der Waals surface area contributed by atoms with Gasteiger partial charge in [0.15, 0.2) is 0 Å². The summed E-state index contributed by atoms with van der Waals surface area (Å²) in [6.45, 7) is 1.44. The number of nitrogens with one attached hydrogen (secondary N) is 1. The summed E-state index contributed by atoms with van der Waals surface area (Å²) >= 11 is 1.36. The van der Waals surface area contributed by atoms with Gasteiger partial charge in [-0.3, -0.25) is 4.79 Å². The predicted molar refractivity (Wildman–Crippen MR) is 92.3 cm³/mol. The molecule has 1 amide bonds. The van der Waals surface area contributed by atoms with Gasteiger partial charge in [-0.25, -0.2) is 4.98 Å². The number of rotatable bonds is 3. The predicted octanol–water partition coefficient (Wildman–Crippen LogP) is 5.45. The second-order valence-corrected chi connectivity index (χ2v) is 6.23. The summed E-state index contributed by atoms with van der Waals surface area (Å²) in [6.07, 6.45) is -4.35. The van der Waals surface area contributed by atoms with Crippen LogP contribution in [-0.4, -0.2) is 10.9 Å². The number of thiazole rings is 1. The van der Waals surface area contributed by atoms with Gasteiger partial charge in [0, 0.05) is 29.1 Å². The highest BCUT2D eigenvalue weighted by Crippen LogP contribution is 2.33. The Kier molecular flexibility index (Phi) is 4.59. The molecule has 7 heteroatoms. The standard InChI is InChI=1S/C18H13F3N2OS/c1-11(24)22-15-8-4-12(5-9-15)16-10-25-17(23-16)13-2-6-14(7-3-13)18(19,20)21/h2-10H,1H3,(H,22,24). The normalized spacial score (nSPS) is 11.4. The number of benzene rings is 2. The molecule has 1 N–H and O–H groups in total. The largest absolute Gasteiger partial charge is 0.416 e. The molecule has 25 heavy (non-hydrogen) atoms. The topological polar surface area (TPSA) is 42.0 Å². The van der Waals surface area contributed by atoms with Crippen molar-refractivity contribution in [2.45, 2.75) is 13.1 Å². The molecule has 2 aromatic carbocycles. The number of halogens is 3. The van der Waals surface area contributed by atoms with Crippen LogP contribution in [0.1, 0.15) is 12.5 Å². The van der Waals surface area contributed by atoms with Gasteiger partial charge in [0.05, 0.1) is 11.3 Å². The van der Waals surface area contributed by atoms with Crippen LogP contribution in [0, 0.1) is 0 Å². The first-order chi connectivity index (χ1) is 11.8. The number of hydrogen-bond acceptors (Lipinski definition) is 3. The highest BCUT2D eigenvalue weighted by Gasteiger charge is 2.30. The molecule has 0 aliphatic carbocycles. The van der Waals surface area contributed by atoms with Crippen LogP contribution in [0.15, 0.2) is 53.9 Å². The van der Waals surface area contributed by atoms with Crippen LogP contribution in [0.2, 0.25) is 0 Å². The zero-order chi connectivity index (χ0) is 18.0. The van der Waals surface area contributed by atoms with E-state index in [2.05, 4.69) is 10.3 Å². The van der Waals surface area contributed by atoms with Crippen LogP contribution >= 0.6 is 11.3 Å². The second-order valence-electron chi connectivity index (χ2n) is 5.37. The maximum atomic E-state index is 12.6. The molecule has 0 bridgehead atoms. The zero-order valence-corrected chi connectivity index (χ0v) is 13.9. The average molecular weight is 362 g/mol. The first-order valence-corrected chi connectivity index (χ1v) is 8.22. The minimum atomic E-state index is -4.35. The lowest BCUT2D eigenvalue weighted by molar-refractivity contribution is -0.137. The quantitative estimate of drug-likeness (QED) is 0.673. The van der Waals surface area contributed by atoms with E-state index in [9.17, 15) is 18.0 Å². The third kappa shape index (κ3) is 4.06. The van der Waals surface area contributed by atoms with Gasteiger partial charge in [-0.05, 0) is 24.3 Å². The van der Waals surface area contributed by atoms with Crippen molar-refractivity contribution in [1.29, 1.82) is 0 Å². The lowest BCUT2D eigenvalue weighted by Gasteiger charge is -2.06. The number of hydrogen-bond donors (Lipinski definition) is 1. The van der Waals surface area contributed by atoms with Crippen LogP contribution < -0.4 is 5.32 Å². The van der Waals surface area contributed by atoms with Gasteiger partial charge < -0.3 is 5.32 Å². The highest BCUT2D eigenvalue weighted by molar-refractivity contribution is 7.13. The molecule has 3 aromatic rings. The van der Waals surface area contributed by atoms with Gasteiger partial charge >= 0.3 is 6.18 Å². The van der Waals surface area contributed by atoms with Gasteiger partial charge in [-0.15, -0.1) is 11.3 Å². The molecule has 0 unspecified atom stereocenters. The number of anilines is 1. The molecule has 0 aliphatic heterocycles. The number of amides is 1. The summed E-state index contributed by atoms with van der Waals surface area (Å²) in [7, 11) is 0. The van der Waals surface area contributed by atoms with Crippen LogP contribution in [-0.2, 0) is 11.0 Å². The van der Waals surface area contributed by atoms with Gasteiger partial charge in [-0.2, -0.15) is 13.2 Å². The van der Waals surface area contributed by atoms with Crippen LogP contribution in [0.25, 0.3) is 21.8 Å². The van der Waals surface area contributed by atoms with E-state index in [0.29, 0.717) is 16.3 Å². The summed E-state index contributed by atoms with van der Waals surface area (Å²) in [4.78, 5) is 15.5. The molecule has 0 fully saturated rings. The van der Waals surface area contributed by atoms with Crippen molar-refractivity contribution in [2.75, 3.05) is 5.32 Å². The van der Waals surface area contributed by atoms with Crippen LogP contribution in [0.4, 0.5) is 18.9 Å². The number of aromatic nitrogens is 1. The molecule has 0 aliphatic rings. The Bertz CT molecular complexity index is 884. The summed E-state index contributed by atoms with van der Waals surface area (Å²) in [5.74, 6) is -0.147. The zero-order valence-electron chi connectivity index (χ0n) is 13.1. The lowest BCUT2D eigenvalue weighted by Crippen LogP contribution is -2.05. The Morgan fingerprint density at radius 1 is 1.00 bits per heavy atom. The Labute approximate surface area is 146 Å².